The monoisotopic (exact) mass is 332 g/mol. The van der Waals surface area contributed by atoms with Crippen molar-refractivity contribution in [3.63, 3.8) is 0 Å². The second-order valence-electron chi connectivity index (χ2n) is 5.84. The zero-order chi connectivity index (χ0) is 17.4. The van der Waals surface area contributed by atoms with Gasteiger partial charge in [-0.2, -0.15) is 5.10 Å². The molecular formula is C20H16N2O3. The number of furan rings is 2. The molecule has 2 aromatic carbocycles. The number of hydrogen-bond acceptors (Lipinski definition) is 4. The molecule has 0 aliphatic rings. The molecule has 4 rings (SSSR count). The largest absolute Gasteiger partial charge is 0.469 e. The third-order valence-electron chi connectivity index (χ3n) is 4.21. The number of hydrazone groups is 1. The zero-order valence-electron chi connectivity index (χ0n) is 13.9. The fraction of sp³-hybridized carbons (Fsp3) is 0.100. The summed E-state index contributed by atoms with van der Waals surface area (Å²) in [6.07, 6.45) is 1.48. The van der Waals surface area contributed by atoms with Crippen LogP contribution < -0.4 is 5.43 Å². The molecule has 0 bridgehead atoms. The molecule has 0 unspecified atom stereocenters. The zero-order valence-corrected chi connectivity index (χ0v) is 13.9. The van der Waals surface area contributed by atoms with E-state index in [2.05, 4.69) is 22.7 Å². The van der Waals surface area contributed by atoms with Crippen molar-refractivity contribution >= 4 is 33.4 Å². The van der Waals surface area contributed by atoms with Gasteiger partial charge in [-0.05, 0) is 42.8 Å². The first-order valence-electron chi connectivity index (χ1n) is 7.94. The second kappa shape index (κ2) is 5.94. The molecule has 0 fully saturated rings. The highest BCUT2D eigenvalue weighted by molar-refractivity contribution is 6.09. The number of carbonyl (C=O) groups excluding carboxylic acids is 1. The summed E-state index contributed by atoms with van der Waals surface area (Å²) in [5.74, 6) is 0.864. The predicted molar refractivity (Wildman–Crippen MR) is 96.8 cm³/mol. The quantitative estimate of drug-likeness (QED) is 0.439. The first-order valence-corrected chi connectivity index (χ1v) is 7.94. The average Bonchev–Trinajstić information content (AvgIpc) is 3.25. The van der Waals surface area contributed by atoms with Crippen molar-refractivity contribution in [3.05, 3.63) is 71.9 Å². The Hall–Kier alpha value is -3.34. The Balaban J connectivity index is 1.65. The molecule has 5 heteroatoms. The Morgan fingerprint density at radius 3 is 2.72 bits per heavy atom. The van der Waals surface area contributed by atoms with E-state index in [1.807, 2.05) is 30.3 Å². The SMILES string of the molecule is C/C(=N/NC(=O)c1ccoc1C)c1cc2c(ccc3ccccc32)o1. The van der Waals surface area contributed by atoms with Crippen LogP contribution in [0.3, 0.4) is 0 Å². The third kappa shape index (κ3) is 2.70. The normalized spacial score (nSPS) is 12.0. The number of aryl methyl sites for hydroxylation is 1. The summed E-state index contributed by atoms with van der Waals surface area (Å²) in [6.45, 7) is 3.53. The number of rotatable bonds is 3. The third-order valence-corrected chi connectivity index (χ3v) is 4.21. The van der Waals surface area contributed by atoms with E-state index in [0.717, 1.165) is 21.7 Å². The fourth-order valence-corrected chi connectivity index (χ4v) is 2.84. The lowest BCUT2D eigenvalue weighted by atomic mass is 10.1. The van der Waals surface area contributed by atoms with Gasteiger partial charge in [0.25, 0.3) is 5.91 Å². The fourth-order valence-electron chi connectivity index (χ4n) is 2.84. The highest BCUT2D eigenvalue weighted by Gasteiger charge is 2.12. The van der Waals surface area contributed by atoms with Gasteiger partial charge in [0.2, 0.25) is 0 Å². The lowest BCUT2D eigenvalue weighted by Gasteiger charge is -1.99. The molecule has 0 atom stereocenters. The molecular weight excluding hydrogens is 316 g/mol. The predicted octanol–water partition coefficient (Wildman–Crippen LogP) is 4.64. The van der Waals surface area contributed by atoms with Crippen molar-refractivity contribution < 1.29 is 13.6 Å². The van der Waals surface area contributed by atoms with Crippen LogP contribution in [0.15, 0.2) is 68.7 Å². The summed E-state index contributed by atoms with van der Waals surface area (Å²) in [7, 11) is 0. The lowest BCUT2D eigenvalue weighted by molar-refractivity contribution is 0.0953. The van der Waals surface area contributed by atoms with Crippen LogP contribution in [-0.4, -0.2) is 11.6 Å². The molecule has 1 N–H and O–H groups in total. The van der Waals surface area contributed by atoms with E-state index in [1.54, 1.807) is 19.9 Å². The van der Waals surface area contributed by atoms with E-state index in [4.69, 9.17) is 8.83 Å². The second-order valence-corrected chi connectivity index (χ2v) is 5.84. The molecule has 25 heavy (non-hydrogen) atoms. The van der Waals surface area contributed by atoms with Gasteiger partial charge in [0, 0.05) is 5.39 Å². The van der Waals surface area contributed by atoms with Crippen LogP contribution in [0.2, 0.25) is 0 Å². The maximum absolute atomic E-state index is 12.1. The number of benzene rings is 2. The molecule has 1 amide bonds. The first kappa shape index (κ1) is 15.2. The van der Waals surface area contributed by atoms with Gasteiger partial charge in [-0.15, -0.1) is 0 Å². The Morgan fingerprint density at radius 2 is 1.92 bits per heavy atom. The number of nitrogens with zero attached hydrogens (tertiary/aromatic N) is 1. The number of fused-ring (bicyclic) bond motifs is 3. The number of hydrogen-bond donors (Lipinski definition) is 1. The minimum atomic E-state index is -0.313. The molecule has 4 aromatic rings. The van der Waals surface area contributed by atoms with Gasteiger partial charge in [-0.1, -0.05) is 30.3 Å². The van der Waals surface area contributed by atoms with Crippen molar-refractivity contribution in [1.29, 1.82) is 0 Å². The molecule has 0 radical (unpaired) electrons. The van der Waals surface area contributed by atoms with E-state index in [0.29, 0.717) is 22.8 Å². The van der Waals surface area contributed by atoms with Crippen molar-refractivity contribution in [2.24, 2.45) is 5.10 Å². The van der Waals surface area contributed by atoms with Gasteiger partial charge in [-0.25, -0.2) is 5.43 Å². The molecule has 124 valence electrons. The van der Waals surface area contributed by atoms with Crippen LogP contribution in [0.1, 0.15) is 28.8 Å². The van der Waals surface area contributed by atoms with Crippen LogP contribution >= 0.6 is 0 Å². The maximum atomic E-state index is 12.1. The summed E-state index contributed by atoms with van der Waals surface area (Å²) in [5.41, 5.74) is 4.38. The van der Waals surface area contributed by atoms with Crippen molar-refractivity contribution in [2.75, 3.05) is 0 Å². The van der Waals surface area contributed by atoms with Gasteiger partial charge in [0.05, 0.1) is 11.8 Å². The lowest BCUT2D eigenvalue weighted by Crippen LogP contribution is -2.19. The molecule has 0 saturated carbocycles. The van der Waals surface area contributed by atoms with Crippen LogP contribution in [0.25, 0.3) is 21.7 Å². The summed E-state index contributed by atoms with van der Waals surface area (Å²) < 4.78 is 11.0. The highest BCUT2D eigenvalue weighted by atomic mass is 16.3. The highest BCUT2D eigenvalue weighted by Crippen LogP contribution is 2.28. The number of nitrogens with one attached hydrogen (secondary N) is 1. The van der Waals surface area contributed by atoms with Gasteiger partial charge in [0.15, 0.2) is 5.76 Å². The van der Waals surface area contributed by atoms with E-state index in [1.165, 1.54) is 6.26 Å². The Bertz CT molecular complexity index is 1120. The molecule has 0 saturated heterocycles. The minimum Gasteiger partial charge on any atom is -0.469 e. The number of amides is 1. The van der Waals surface area contributed by atoms with Crippen LogP contribution in [0.4, 0.5) is 0 Å². The van der Waals surface area contributed by atoms with Crippen LogP contribution in [-0.2, 0) is 0 Å². The van der Waals surface area contributed by atoms with Crippen molar-refractivity contribution in [3.8, 4) is 0 Å². The van der Waals surface area contributed by atoms with Crippen LogP contribution in [0.5, 0.6) is 0 Å². The van der Waals surface area contributed by atoms with Crippen molar-refractivity contribution in [2.45, 2.75) is 13.8 Å². The molecule has 0 aliphatic carbocycles. The molecule has 2 aromatic heterocycles. The Morgan fingerprint density at radius 1 is 1.08 bits per heavy atom. The standard InChI is InChI=1S/C20H16N2O3/c1-12(21-22-20(23)15-9-10-24-13(15)2)19-11-17-16-6-4-3-5-14(16)7-8-18(17)25-19/h3-11H,1-2H3,(H,22,23)/b21-12-. The van der Waals surface area contributed by atoms with Gasteiger partial charge >= 0.3 is 0 Å². The van der Waals surface area contributed by atoms with Crippen molar-refractivity contribution in [1.82, 2.24) is 5.43 Å². The molecule has 0 aliphatic heterocycles. The maximum Gasteiger partial charge on any atom is 0.274 e. The summed E-state index contributed by atoms with van der Waals surface area (Å²) in [4.78, 5) is 12.1. The Labute approximate surface area is 143 Å². The molecule has 5 nitrogen and oxygen atoms in total. The average molecular weight is 332 g/mol. The minimum absolute atomic E-state index is 0.313. The van der Waals surface area contributed by atoms with Gasteiger partial charge in [0.1, 0.15) is 17.1 Å². The van der Waals surface area contributed by atoms with Crippen LogP contribution in [0, 0.1) is 6.92 Å². The van der Waals surface area contributed by atoms with E-state index < -0.39 is 0 Å². The molecule has 2 heterocycles. The van der Waals surface area contributed by atoms with Gasteiger partial charge < -0.3 is 8.83 Å². The smallest absolute Gasteiger partial charge is 0.274 e. The Kier molecular flexibility index (Phi) is 3.61. The first-order chi connectivity index (χ1) is 12.1. The molecule has 0 spiro atoms. The van der Waals surface area contributed by atoms with E-state index in [9.17, 15) is 4.79 Å². The van der Waals surface area contributed by atoms with E-state index >= 15 is 0 Å². The topological polar surface area (TPSA) is 67.7 Å². The summed E-state index contributed by atoms with van der Waals surface area (Å²) in [5, 5.41) is 7.46. The summed E-state index contributed by atoms with van der Waals surface area (Å²) >= 11 is 0. The summed E-state index contributed by atoms with van der Waals surface area (Å²) in [6, 6.07) is 15.7. The number of carbonyl (C=O) groups is 1. The van der Waals surface area contributed by atoms with E-state index in [-0.39, 0.29) is 5.91 Å². The van der Waals surface area contributed by atoms with Gasteiger partial charge in [-0.3, -0.25) is 4.79 Å².